The van der Waals surface area contributed by atoms with Gasteiger partial charge < -0.3 is 24.8 Å². The molecule has 3 aromatic rings. The van der Waals surface area contributed by atoms with Crippen molar-refractivity contribution in [1.82, 2.24) is 4.90 Å². The number of benzene rings is 3. The molecule has 0 atom stereocenters. The Bertz CT molecular complexity index is 1340. The van der Waals surface area contributed by atoms with Crippen molar-refractivity contribution in [2.24, 2.45) is 0 Å². The molecule has 7 heteroatoms. The lowest BCUT2D eigenvalue weighted by atomic mass is 10.0. The molecule has 222 valence electrons. The van der Waals surface area contributed by atoms with Crippen LogP contribution in [0.15, 0.2) is 66.7 Å². The number of amides is 2. The number of piperidine rings is 1. The van der Waals surface area contributed by atoms with Gasteiger partial charge in [-0.3, -0.25) is 9.59 Å². The minimum Gasteiger partial charge on any atom is -0.495 e. The standard InChI is InChI=1S/C35H44N4O3/c1-3-4-6-11-27-14-16-28(17-15-27)34(40)36-29-18-19-31(30(26-29)35(41)39-20-9-5-10-21-39)37-22-24-38(25-23-37)32-12-7-8-13-33(32)42-2/h7-8,12-19,26H,3-6,9-11,20-25H2,1-2H3,(H,36,40). The van der Waals surface area contributed by atoms with Crippen LogP contribution in [0.2, 0.25) is 0 Å². The largest absolute Gasteiger partial charge is 0.495 e. The van der Waals surface area contributed by atoms with Crippen LogP contribution < -0.4 is 19.9 Å². The first-order valence-electron chi connectivity index (χ1n) is 15.5. The van der Waals surface area contributed by atoms with Crippen LogP contribution >= 0.6 is 0 Å². The minimum atomic E-state index is -0.162. The predicted molar refractivity (Wildman–Crippen MR) is 171 cm³/mol. The summed E-state index contributed by atoms with van der Waals surface area (Å²) in [6.07, 6.45) is 7.83. The highest BCUT2D eigenvalue weighted by atomic mass is 16.5. The second kappa shape index (κ2) is 14.3. The molecule has 0 saturated carbocycles. The molecule has 0 radical (unpaired) electrons. The Morgan fingerprint density at radius 2 is 1.48 bits per heavy atom. The minimum absolute atomic E-state index is 0.0457. The van der Waals surface area contributed by atoms with E-state index in [0.29, 0.717) is 16.8 Å². The van der Waals surface area contributed by atoms with Gasteiger partial charge in [0.2, 0.25) is 0 Å². The highest BCUT2D eigenvalue weighted by Crippen LogP contribution is 2.32. The maximum atomic E-state index is 13.8. The van der Waals surface area contributed by atoms with E-state index in [-0.39, 0.29) is 11.8 Å². The van der Waals surface area contributed by atoms with Crippen LogP contribution in [0.5, 0.6) is 5.75 Å². The summed E-state index contributed by atoms with van der Waals surface area (Å²) in [6, 6.07) is 21.8. The summed E-state index contributed by atoms with van der Waals surface area (Å²) in [5.74, 6) is 0.757. The van der Waals surface area contributed by atoms with Crippen molar-refractivity contribution in [2.75, 3.05) is 61.5 Å². The number of piperazine rings is 1. The van der Waals surface area contributed by atoms with Gasteiger partial charge in [0.05, 0.1) is 18.4 Å². The third-order valence-electron chi connectivity index (χ3n) is 8.46. The van der Waals surface area contributed by atoms with Crippen molar-refractivity contribution in [3.63, 3.8) is 0 Å². The first-order valence-corrected chi connectivity index (χ1v) is 15.5. The fourth-order valence-electron chi connectivity index (χ4n) is 6.01. The molecule has 2 fully saturated rings. The summed E-state index contributed by atoms with van der Waals surface area (Å²) in [7, 11) is 1.71. The SMILES string of the molecule is CCCCCc1ccc(C(=O)Nc2ccc(N3CCN(c4ccccc4OC)CC3)c(C(=O)N3CCCCC3)c2)cc1. The number of para-hydroxylation sites is 2. The maximum Gasteiger partial charge on any atom is 0.256 e. The van der Waals surface area contributed by atoms with Crippen LogP contribution in [-0.4, -0.2) is 63.1 Å². The van der Waals surface area contributed by atoms with E-state index in [1.807, 2.05) is 65.6 Å². The highest BCUT2D eigenvalue weighted by molar-refractivity contribution is 6.06. The Kier molecular flexibility index (Phi) is 10.0. The van der Waals surface area contributed by atoms with Gasteiger partial charge in [0, 0.05) is 56.2 Å². The lowest BCUT2D eigenvalue weighted by molar-refractivity contribution is 0.0724. The zero-order valence-electron chi connectivity index (χ0n) is 25.1. The number of hydrogen-bond donors (Lipinski definition) is 1. The van der Waals surface area contributed by atoms with Crippen molar-refractivity contribution >= 4 is 28.9 Å². The molecule has 3 aromatic carbocycles. The molecule has 1 N–H and O–H groups in total. The van der Waals surface area contributed by atoms with E-state index in [0.717, 1.165) is 88.5 Å². The zero-order chi connectivity index (χ0) is 29.3. The molecular formula is C35H44N4O3. The highest BCUT2D eigenvalue weighted by Gasteiger charge is 2.27. The van der Waals surface area contributed by atoms with E-state index in [2.05, 4.69) is 28.1 Å². The molecule has 2 saturated heterocycles. The summed E-state index contributed by atoms with van der Waals surface area (Å²) in [6.45, 7) is 6.98. The molecule has 0 unspecified atom stereocenters. The number of unbranched alkanes of at least 4 members (excludes halogenated alkanes) is 2. The van der Waals surface area contributed by atoms with Crippen LogP contribution in [-0.2, 0) is 6.42 Å². The normalized spacial score (nSPS) is 15.4. The number of hydrogen-bond acceptors (Lipinski definition) is 5. The van der Waals surface area contributed by atoms with Gasteiger partial charge in [-0.2, -0.15) is 0 Å². The molecule has 7 nitrogen and oxygen atoms in total. The average molecular weight is 569 g/mol. The number of methoxy groups -OCH3 is 1. The van der Waals surface area contributed by atoms with Gasteiger partial charge in [-0.05, 0) is 80.1 Å². The number of nitrogens with one attached hydrogen (secondary N) is 1. The van der Waals surface area contributed by atoms with Gasteiger partial charge in [-0.1, -0.05) is 44.0 Å². The van der Waals surface area contributed by atoms with E-state index in [9.17, 15) is 9.59 Å². The second-order valence-corrected chi connectivity index (χ2v) is 11.3. The number of rotatable bonds is 10. The smallest absolute Gasteiger partial charge is 0.256 e. The van der Waals surface area contributed by atoms with Gasteiger partial charge in [0.25, 0.3) is 11.8 Å². The molecule has 0 bridgehead atoms. The quantitative estimate of drug-likeness (QED) is 0.278. The van der Waals surface area contributed by atoms with Gasteiger partial charge in [-0.25, -0.2) is 0 Å². The number of carbonyl (C=O) groups excluding carboxylic acids is 2. The Morgan fingerprint density at radius 1 is 0.786 bits per heavy atom. The Balaban J connectivity index is 1.32. The lowest BCUT2D eigenvalue weighted by Gasteiger charge is -2.39. The van der Waals surface area contributed by atoms with Crippen LogP contribution in [0.1, 0.15) is 71.7 Å². The van der Waals surface area contributed by atoms with Gasteiger partial charge in [0.1, 0.15) is 5.75 Å². The van der Waals surface area contributed by atoms with Crippen molar-refractivity contribution < 1.29 is 14.3 Å². The number of aryl methyl sites for hydroxylation is 1. The molecule has 0 aromatic heterocycles. The van der Waals surface area contributed by atoms with E-state index >= 15 is 0 Å². The van der Waals surface area contributed by atoms with Crippen LogP contribution in [0.3, 0.4) is 0 Å². The Labute approximate surface area is 250 Å². The summed E-state index contributed by atoms with van der Waals surface area (Å²) < 4.78 is 5.59. The van der Waals surface area contributed by atoms with E-state index < -0.39 is 0 Å². The molecule has 2 aliphatic rings. The summed E-state index contributed by atoms with van der Waals surface area (Å²) >= 11 is 0. The molecule has 2 heterocycles. The lowest BCUT2D eigenvalue weighted by Crippen LogP contribution is -2.47. The number of likely N-dealkylation sites (tertiary alicyclic amines) is 1. The van der Waals surface area contributed by atoms with Crippen molar-refractivity contribution in [3.8, 4) is 5.75 Å². The van der Waals surface area contributed by atoms with E-state index in [1.54, 1.807) is 7.11 Å². The van der Waals surface area contributed by atoms with Crippen molar-refractivity contribution in [2.45, 2.75) is 51.9 Å². The monoisotopic (exact) mass is 568 g/mol. The second-order valence-electron chi connectivity index (χ2n) is 11.3. The summed E-state index contributed by atoms with van der Waals surface area (Å²) in [5, 5.41) is 3.05. The first-order chi connectivity index (χ1) is 20.6. The molecule has 2 amide bonds. The molecule has 2 aliphatic heterocycles. The van der Waals surface area contributed by atoms with Crippen molar-refractivity contribution in [3.05, 3.63) is 83.4 Å². The molecule has 42 heavy (non-hydrogen) atoms. The fraction of sp³-hybridized carbons (Fsp3) is 0.429. The van der Waals surface area contributed by atoms with E-state index in [1.165, 1.54) is 18.4 Å². The van der Waals surface area contributed by atoms with E-state index in [4.69, 9.17) is 4.74 Å². The predicted octanol–water partition coefficient (Wildman–Crippen LogP) is 6.63. The van der Waals surface area contributed by atoms with Gasteiger partial charge >= 0.3 is 0 Å². The number of ether oxygens (including phenoxy) is 1. The summed E-state index contributed by atoms with van der Waals surface area (Å²) in [5.41, 5.74) is 5.20. The average Bonchev–Trinajstić information content (AvgIpc) is 3.05. The van der Waals surface area contributed by atoms with Crippen LogP contribution in [0, 0.1) is 0 Å². The molecule has 0 aliphatic carbocycles. The molecular weight excluding hydrogens is 524 g/mol. The third kappa shape index (κ3) is 7.07. The van der Waals surface area contributed by atoms with Crippen molar-refractivity contribution in [1.29, 1.82) is 0 Å². The maximum absolute atomic E-state index is 13.8. The first kappa shape index (κ1) is 29.5. The topological polar surface area (TPSA) is 65.1 Å². The number of anilines is 3. The van der Waals surface area contributed by atoms with Gasteiger partial charge in [-0.15, -0.1) is 0 Å². The van der Waals surface area contributed by atoms with Gasteiger partial charge in [0.15, 0.2) is 0 Å². The Hall–Kier alpha value is -4.00. The Morgan fingerprint density at radius 3 is 2.17 bits per heavy atom. The molecule has 0 spiro atoms. The zero-order valence-corrected chi connectivity index (χ0v) is 25.1. The summed E-state index contributed by atoms with van der Waals surface area (Å²) in [4.78, 5) is 33.6. The molecule has 5 rings (SSSR count). The van der Waals surface area contributed by atoms with Crippen LogP contribution in [0.25, 0.3) is 0 Å². The third-order valence-corrected chi connectivity index (χ3v) is 8.46. The van der Waals surface area contributed by atoms with Crippen LogP contribution in [0.4, 0.5) is 17.1 Å². The number of nitrogens with zero attached hydrogens (tertiary/aromatic N) is 3. The number of carbonyl (C=O) groups is 2. The fourth-order valence-corrected chi connectivity index (χ4v) is 6.01.